The third-order valence-corrected chi connectivity index (χ3v) is 4.71. The van der Waals surface area contributed by atoms with E-state index in [-0.39, 0.29) is 0 Å². The Morgan fingerprint density at radius 2 is 2.18 bits per heavy atom. The minimum absolute atomic E-state index is 0.901. The molecule has 0 aromatic carbocycles. The Morgan fingerprint density at radius 1 is 1.29 bits per heavy atom. The van der Waals surface area contributed by atoms with E-state index in [9.17, 15) is 0 Å². The lowest BCUT2D eigenvalue weighted by molar-refractivity contribution is 0.409. The van der Waals surface area contributed by atoms with Crippen LogP contribution in [0.1, 0.15) is 65.2 Å². The van der Waals surface area contributed by atoms with E-state index in [2.05, 4.69) is 32.1 Å². The van der Waals surface area contributed by atoms with Crippen molar-refractivity contribution in [2.45, 2.75) is 65.2 Å². The van der Waals surface area contributed by atoms with E-state index in [1.165, 1.54) is 51.4 Å². The van der Waals surface area contributed by atoms with Crippen LogP contribution >= 0.6 is 0 Å². The molecule has 0 aromatic heterocycles. The van der Waals surface area contributed by atoms with E-state index in [0.717, 1.165) is 17.8 Å². The van der Waals surface area contributed by atoms with Crippen LogP contribution in [0.3, 0.4) is 0 Å². The average Bonchev–Trinajstić information content (AvgIpc) is 2.67. The van der Waals surface area contributed by atoms with Crippen LogP contribution < -0.4 is 0 Å². The summed E-state index contributed by atoms with van der Waals surface area (Å²) in [5.41, 5.74) is 1.80. The number of allylic oxidation sites excluding steroid dienone is 4. The molecule has 0 heterocycles. The second kappa shape index (κ2) is 6.42. The molecule has 0 amide bonds. The van der Waals surface area contributed by atoms with Gasteiger partial charge in [0.2, 0.25) is 0 Å². The first-order valence-corrected chi connectivity index (χ1v) is 7.69. The van der Waals surface area contributed by atoms with E-state index in [4.69, 9.17) is 0 Å². The van der Waals surface area contributed by atoms with Crippen LogP contribution in [-0.4, -0.2) is 0 Å². The summed E-state index contributed by atoms with van der Waals surface area (Å²) in [6.45, 7) is 4.79. The van der Waals surface area contributed by atoms with Crippen molar-refractivity contribution in [2.75, 3.05) is 0 Å². The van der Waals surface area contributed by atoms with Crippen molar-refractivity contribution in [3.8, 4) is 0 Å². The Hall–Kier alpha value is -0.520. The molecule has 0 radical (unpaired) electrons. The first-order chi connectivity index (χ1) is 8.33. The molecule has 96 valence electrons. The third kappa shape index (κ3) is 3.24. The molecule has 3 unspecified atom stereocenters. The van der Waals surface area contributed by atoms with E-state index in [1.54, 1.807) is 5.57 Å². The molecule has 17 heavy (non-hydrogen) atoms. The minimum atomic E-state index is 0.901. The predicted molar refractivity (Wildman–Crippen MR) is 76.0 cm³/mol. The molecule has 0 heteroatoms. The Morgan fingerprint density at radius 3 is 3.00 bits per heavy atom. The summed E-state index contributed by atoms with van der Waals surface area (Å²) >= 11 is 0. The molecule has 0 saturated heterocycles. The van der Waals surface area contributed by atoms with Crippen molar-refractivity contribution in [1.29, 1.82) is 0 Å². The van der Waals surface area contributed by atoms with Crippen LogP contribution in [0.15, 0.2) is 23.8 Å². The topological polar surface area (TPSA) is 0 Å². The Balaban J connectivity index is 2.10. The molecule has 2 rings (SSSR count). The number of hydrogen-bond acceptors (Lipinski definition) is 0. The van der Waals surface area contributed by atoms with Crippen molar-refractivity contribution in [1.82, 2.24) is 0 Å². The van der Waals surface area contributed by atoms with Gasteiger partial charge in [0.15, 0.2) is 0 Å². The van der Waals surface area contributed by atoms with Gasteiger partial charge in [0.05, 0.1) is 0 Å². The SMILES string of the molecule is CCCCC1CC(C)C2CCCC/C=C/C=C/12. The largest absolute Gasteiger partial charge is 0.0845 e. The van der Waals surface area contributed by atoms with Gasteiger partial charge in [0.25, 0.3) is 0 Å². The highest BCUT2D eigenvalue weighted by atomic mass is 14.4. The van der Waals surface area contributed by atoms with Crippen LogP contribution in [0.4, 0.5) is 0 Å². The van der Waals surface area contributed by atoms with Crippen LogP contribution in [0.2, 0.25) is 0 Å². The third-order valence-electron chi connectivity index (χ3n) is 4.71. The Labute approximate surface area is 107 Å². The van der Waals surface area contributed by atoms with Gasteiger partial charge in [-0.1, -0.05) is 56.9 Å². The van der Waals surface area contributed by atoms with Gasteiger partial charge in [-0.25, -0.2) is 0 Å². The van der Waals surface area contributed by atoms with Gasteiger partial charge >= 0.3 is 0 Å². The lowest BCUT2D eigenvalue weighted by atomic mass is 9.87. The molecule has 0 aliphatic heterocycles. The molecular formula is C17H28. The number of fused-ring (bicyclic) bond motifs is 1. The maximum absolute atomic E-state index is 2.48. The van der Waals surface area contributed by atoms with Gasteiger partial charge in [0, 0.05) is 0 Å². The summed E-state index contributed by atoms with van der Waals surface area (Å²) in [6.07, 6.45) is 18.4. The van der Waals surface area contributed by atoms with Crippen LogP contribution in [0.5, 0.6) is 0 Å². The molecule has 3 atom stereocenters. The van der Waals surface area contributed by atoms with Gasteiger partial charge in [-0.15, -0.1) is 0 Å². The molecular weight excluding hydrogens is 204 g/mol. The fourth-order valence-electron chi connectivity index (χ4n) is 3.73. The van der Waals surface area contributed by atoms with Crippen molar-refractivity contribution < 1.29 is 0 Å². The molecule has 1 saturated carbocycles. The lowest BCUT2D eigenvalue weighted by Crippen LogP contribution is -2.06. The van der Waals surface area contributed by atoms with Gasteiger partial charge in [0.1, 0.15) is 0 Å². The lowest BCUT2D eigenvalue weighted by Gasteiger charge is -2.18. The molecule has 0 bridgehead atoms. The first-order valence-electron chi connectivity index (χ1n) is 7.69. The molecule has 1 fully saturated rings. The van der Waals surface area contributed by atoms with Gasteiger partial charge in [-0.3, -0.25) is 0 Å². The zero-order valence-electron chi connectivity index (χ0n) is 11.6. The normalized spacial score (nSPS) is 38.5. The highest BCUT2D eigenvalue weighted by Gasteiger charge is 2.34. The fraction of sp³-hybridized carbons (Fsp3) is 0.765. The number of hydrogen-bond donors (Lipinski definition) is 0. The summed E-state index contributed by atoms with van der Waals surface area (Å²) in [5.74, 6) is 2.73. The summed E-state index contributed by atoms with van der Waals surface area (Å²) in [7, 11) is 0. The fourth-order valence-corrected chi connectivity index (χ4v) is 3.73. The molecule has 2 aliphatic rings. The van der Waals surface area contributed by atoms with Crippen molar-refractivity contribution in [2.24, 2.45) is 17.8 Å². The highest BCUT2D eigenvalue weighted by Crippen LogP contribution is 2.46. The number of unbranched alkanes of at least 4 members (excludes halogenated alkanes) is 1. The van der Waals surface area contributed by atoms with E-state index in [1.807, 2.05) is 0 Å². The van der Waals surface area contributed by atoms with Crippen molar-refractivity contribution >= 4 is 0 Å². The average molecular weight is 232 g/mol. The quantitative estimate of drug-likeness (QED) is 0.602. The van der Waals surface area contributed by atoms with Crippen LogP contribution in [-0.2, 0) is 0 Å². The molecule has 0 N–H and O–H groups in total. The minimum Gasteiger partial charge on any atom is -0.0845 e. The summed E-state index contributed by atoms with van der Waals surface area (Å²) in [6, 6.07) is 0. The standard InChI is InChI=1S/C17H28/c1-3-4-10-15-13-14(2)16-11-8-6-5-7-9-12-17(15)16/h7,9,12,14-16H,3-6,8,10-11,13H2,1-2H3/b9-7+,17-12-. The van der Waals surface area contributed by atoms with Crippen molar-refractivity contribution in [3.63, 3.8) is 0 Å². The van der Waals surface area contributed by atoms with Gasteiger partial charge in [-0.05, 0) is 49.9 Å². The Kier molecular flexibility index (Phi) is 4.88. The smallest absolute Gasteiger partial charge is 0.0171 e. The number of rotatable bonds is 3. The maximum Gasteiger partial charge on any atom is -0.0171 e. The van der Waals surface area contributed by atoms with Gasteiger partial charge in [-0.2, -0.15) is 0 Å². The van der Waals surface area contributed by atoms with Crippen molar-refractivity contribution in [3.05, 3.63) is 23.8 Å². The van der Waals surface area contributed by atoms with E-state index < -0.39 is 0 Å². The molecule has 0 aromatic rings. The summed E-state index contributed by atoms with van der Waals surface area (Å²) in [5, 5.41) is 0. The predicted octanol–water partition coefficient (Wildman–Crippen LogP) is 5.51. The summed E-state index contributed by atoms with van der Waals surface area (Å²) < 4.78 is 0. The monoisotopic (exact) mass is 232 g/mol. The maximum atomic E-state index is 2.48. The second-order valence-corrected chi connectivity index (χ2v) is 6.04. The van der Waals surface area contributed by atoms with E-state index in [0.29, 0.717) is 0 Å². The van der Waals surface area contributed by atoms with Crippen LogP contribution in [0, 0.1) is 17.8 Å². The molecule has 0 nitrogen and oxygen atoms in total. The highest BCUT2D eigenvalue weighted by molar-refractivity contribution is 5.23. The zero-order valence-corrected chi connectivity index (χ0v) is 11.6. The van der Waals surface area contributed by atoms with E-state index >= 15 is 0 Å². The second-order valence-electron chi connectivity index (χ2n) is 6.04. The van der Waals surface area contributed by atoms with Crippen LogP contribution in [0.25, 0.3) is 0 Å². The first kappa shape index (κ1) is 12.9. The summed E-state index contributed by atoms with van der Waals surface area (Å²) in [4.78, 5) is 0. The zero-order chi connectivity index (χ0) is 12.1. The molecule has 0 spiro atoms. The Bertz CT molecular complexity index is 284. The van der Waals surface area contributed by atoms with Gasteiger partial charge < -0.3 is 0 Å². The molecule has 2 aliphatic carbocycles.